The van der Waals surface area contributed by atoms with Crippen LogP contribution >= 0.6 is 0 Å². The molecule has 0 aromatic heterocycles. The van der Waals surface area contributed by atoms with Gasteiger partial charge in [0.1, 0.15) is 0 Å². The molecule has 2 N–H and O–H groups in total. The minimum Gasteiger partial charge on any atom is -0.381 e. The molecule has 0 aliphatic carbocycles. The van der Waals surface area contributed by atoms with Crippen LogP contribution in [0.2, 0.25) is 0 Å². The fourth-order valence-electron chi connectivity index (χ4n) is 3.34. The first-order valence-electron chi connectivity index (χ1n) is 7.96. The van der Waals surface area contributed by atoms with Crippen LogP contribution in [0.15, 0.2) is 24.3 Å². The Morgan fingerprint density at radius 1 is 1.24 bits per heavy atom. The summed E-state index contributed by atoms with van der Waals surface area (Å²) in [6, 6.07) is 8.33. The highest BCUT2D eigenvalue weighted by molar-refractivity contribution is 5.96. The zero-order valence-corrected chi connectivity index (χ0v) is 12.6. The molecule has 3 rings (SSSR count). The van der Waals surface area contributed by atoms with Crippen molar-refractivity contribution in [1.82, 2.24) is 5.32 Å². The number of nitrogens with one attached hydrogen (secondary N) is 2. The van der Waals surface area contributed by atoms with Gasteiger partial charge in [-0.3, -0.25) is 4.79 Å². The second kappa shape index (κ2) is 6.58. The lowest BCUT2D eigenvalue weighted by atomic mass is 9.92. The smallest absolute Gasteiger partial charge is 0.241 e. The lowest BCUT2D eigenvalue weighted by Gasteiger charge is -2.31. The van der Waals surface area contributed by atoms with Gasteiger partial charge in [0.25, 0.3) is 0 Å². The molecule has 1 fully saturated rings. The van der Waals surface area contributed by atoms with Crippen molar-refractivity contribution >= 4 is 11.6 Å². The number of ether oxygens (including phenoxy) is 1. The van der Waals surface area contributed by atoms with E-state index >= 15 is 0 Å². The first-order chi connectivity index (χ1) is 10.2. The zero-order valence-electron chi connectivity index (χ0n) is 12.6. The van der Waals surface area contributed by atoms with E-state index in [-0.39, 0.29) is 11.9 Å². The standard InChI is InChI=1S/C17H24N2O2/c1-12(13-8-10-21-11-9-13)18-16-7-6-14-4-2-3-5-15(14)19-17(16)20/h2-5,12-13,16,18H,6-11H2,1H3,(H,19,20). The summed E-state index contributed by atoms with van der Waals surface area (Å²) >= 11 is 0. The van der Waals surface area contributed by atoms with Crippen molar-refractivity contribution in [3.05, 3.63) is 29.8 Å². The van der Waals surface area contributed by atoms with Crippen molar-refractivity contribution < 1.29 is 9.53 Å². The van der Waals surface area contributed by atoms with Gasteiger partial charge in [0.05, 0.1) is 6.04 Å². The lowest BCUT2D eigenvalue weighted by molar-refractivity contribution is -0.118. The molecule has 2 unspecified atom stereocenters. The van der Waals surface area contributed by atoms with E-state index in [1.54, 1.807) is 0 Å². The predicted octanol–water partition coefficient (Wildman–Crippen LogP) is 2.34. The Bertz CT molecular complexity index is 497. The van der Waals surface area contributed by atoms with Crippen LogP contribution in [0.4, 0.5) is 5.69 Å². The van der Waals surface area contributed by atoms with Crippen LogP contribution in [0.25, 0.3) is 0 Å². The van der Waals surface area contributed by atoms with Crippen LogP contribution < -0.4 is 10.6 Å². The normalized spacial score (nSPS) is 24.8. The first-order valence-corrected chi connectivity index (χ1v) is 7.96. The van der Waals surface area contributed by atoms with E-state index in [1.165, 1.54) is 5.56 Å². The van der Waals surface area contributed by atoms with Crippen LogP contribution in [0.3, 0.4) is 0 Å². The number of hydrogen-bond acceptors (Lipinski definition) is 3. The summed E-state index contributed by atoms with van der Waals surface area (Å²) in [5.41, 5.74) is 2.19. The van der Waals surface area contributed by atoms with E-state index in [4.69, 9.17) is 4.74 Å². The van der Waals surface area contributed by atoms with E-state index in [0.717, 1.165) is 44.6 Å². The summed E-state index contributed by atoms with van der Waals surface area (Å²) in [5, 5.41) is 6.60. The second-order valence-electron chi connectivity index (χ2n) is 6.14. The number of carbonyl (C=O) groups excluding carboxylic acids is 1. The van der Waals surface area contributed by atoms with Gasteiger partial charge >= 0.3 is 0 Å². The number of benzene rings is 1. The average Bonchev–Trinajstić information content (AvgIpc) is 2.67. The van der Waals surface area contributed by atoms with Crippen molar-refractivity contribution in [2.45, 2.75) is 44.7 Å². The number of para-hydroxylation sites is 1. The largest absolute Gasteiger partial charge is 0.381 e. The molecule has 21 heavy (non-hydrogen) atoms. The van der Waals surface area contributed by atoms with Crippen molar-refractivity contribution in [2.24, 2.45) is 5.92 Å². The van der Waals surface area contributed by atoms with E-state index in [9.17, 15) is 4.79 Å². The van der Waals surface area contributed by atoms with E-state index in [0.29, 0.717) is 12.0 Å². The highest BCUT2D eigenvalue weighted by Gasteiger charge is 2.28. The maximum Gasteiger partial charge on any atom is 0.241 e. The monoisotopic (exact) mass is 288 g/mol. The van der Waals surface area contributed by atoms with Crippen molar-refractivity contribution in [1.29, 1.82) is 0 Å². The molecule has 1 aromatic carbocycles. The Hall–Kier alpha value is -1.39. The van der Waals surface area contributed by atoms with Gasteiger partial charge in [-0.1, -0.05) is 18.2 Å². The number of carbonyl (C=O) groups is 1. The molecule has 0 bridgehead atoms. The fourth-order valence-corrected chi connectivity index (χ4v) is 3.34. The van der Waals surface area contributed by atoms with Crippen LogP contribution in [-0.2, 0) is 16.0 Å². The Kier molecular flexibility index (Phi) is 4.56. The number of hydrogen-bond donors (Lipinski definition) is 2. The summed E-state index contributed by atoms with van der Waals surface area (Å²) < 4.78 is 5.42. The van der Waals surface area contributed by atoms with Crippen LogP contribution in [0.1, 0.15) is 31.7 Å². The molecule has 2 atom stereocenters. The van der Waals surface area contributed by atoms with Gasteiger partial charge in [0.15, 0.2) is 0 Å². The van der Waals surface area contributed by atoms with Gasteiger partial charge < -0.3 is 15.4 Å². The molecule has 4 nitrogen and oxygen atoms in total. The molecule has 1 aromatic rings. The molecule has 2 aliphatic heterocycles. The Morgan fingerprint density at radius 2 is 2.00 bits per heavy atom. The van der Waals surface area contributed by atoms with Crippen molar-refractivity contribution in [3.63, 3.8) is 0 Å². The molecule has 2 heterocycles. The Balaban J connectivity index is 1.62. The van der Waals surface area contributed by atoms with E-state index in [2.05, 4.69) is 23.6 Å². The summed E-state index contributed by atoms with van der Waals surface area (Å²) in [5.74, 6) is 0.705. The maximum absolute atomic E-state index is 12.4. The third-order valence-electron chi connectivity index (χ3n) is 4.73. The third-order valence-corrected chi connectivity index (χ3v) is 4.73. The topological polar surface area (TPSA) is 50.4 Å². The average molecular weight is 288 g/mol. The molecule has 1 amide bonds. The summed E-state index contributed by atoms with van der Waals surface area (Å²) in [4.78, 5) is 12.4. The Morgan fingerprint density at radius 3 is 2.81 bits per heavy atom. The summed E-state index contributed by atoms with van der Waals surface area (Å²) in [7, 11) is 0. The predicted molar refractivity (Wildman–Crippen MR) is 83.3 cm³/mol. The highest BCUT2D eigenvalue weighted by atomic mass is 16.5. The van der Waals surface area contributed by atoms with Gasteiger partial charge in [-0.05, 0) is 50.2 Å². The molecule has 1 saturated heterocycles. The molecule has 114 valence electrons. The molecule has 0 spiro atoms. The highest BCUT2D eigenvalue weighted by Crippen LogP contribution is 2.23. The van der Waals surface area contributed by atoms with Crippen LogP contribution in [-0.4, -0.2) is 31.2 Å². The van der Waals surface area contributed by atoms with Gasteiger partial charge in [0, 0.05) is 24.9 Å². The fraction of sp³-hybridized carbons (Fsp3) is 0.588. The summed E-state index contributed by atoms with van der Waals surface area (Å²) in [6.07, 6.45) is 3.97. The minimum atomic E-state index is -0.102. The van der Waals surface area contributed by atoms with Gasteiger partial charge in [-0.15, -0.1) is 0 Å². The Labute approximate surface area is 126 Å². The second-order valence-corrected chi connectivity index (χ2v) is 6.14. The zero-order chi connectivity index (χ0) is 14.7. The SMILES string of the molecule is CC(NC1CCc2ccccc2NC1=O)C1CCOCC1. The van der Waals surface area contributed by atoms with Crippen LogP contribution in [0, 0.1) is 5.92 Å². The van der Waals surface area contributed by atoms with Crippen molar-refractivity contribution in [2.75, 3.05) is 18.5 Å². The van der Waals surface area contributed by atoms with Crippen molar-refractivity contribution in [3.8, 4) is 0 Å². The number of aryl methyl sites for hydroxylation is 1. The molecule has 0 saturated carbocycles. The number of amides is 1. The lowest BCUT2D eigenvalue weighted by Crippen LogP contribution is -2.47. The maximum atomic E-state index is 12.4. The van der Waals surface area contributed by atoms with Gasteiger partial charge in [-0.2, -0.15) is 0 Å². The van der Waals surface area contributed by atoms with E-state index < -0.39 is 0 Å². The number of fused-ring (bicyclic) bond motifs is 1. The third kappa shape index (κ3) is 3.44. The van der Waals surface area contributed by atoms with E-state index in [1.807, 2.05) is 18.2 Å². The molecular formula is C17H24N2O2. The molecular weight excluding hydrogens is 264 g/mol. The number of anilines is 1. The summed E-state index contributed by atoms with van der Waals surface area (Å²) in [6.45, 7) is 3.89. The first kappa shape index (κ1) is 14.5. The van der Waals surface area contributed by atoms with Gasteiger partial charge in [-0.25, -0.2) is 0 Å². The minimum absolute atomic E-state index is 0.0962. The van der Waals surface area contributed by atoms with Gasteiger partial charge in [0.2, 0.25) is 5.91 Å². The number of rotatable bonds is 3. The molecule has 4 heteroatoms. The van der Waals surface area contributed by atoms with Crippen LogP contribution in [0.5, 0.6) is 0 Å². The molecule has 0 radical (unpaired) electrons. The quantitative estimate of drug-likeness (QED) is 0.897. The molecule has 2 aliphatic rings.